The summed E-state index contributed by atoms with van der Waals surface area (Å²) in [6, 6.07) is 0. The van der Waals surface area contributed by atoms with Gasteiger partial charge in [-0.1, -0.05) is 41.2 Å². The fourth-order valence-corrected chi connectivity index (χ4v) is 6.74. The number of Topliss-reactive ketones (excluding diaryl/α,β-unsaturated/α-hetero) is 2. The first kappa shape index (κ1) is 33.6. The molecule has 2 rings (SSSR count). The summed E-state index contributed by atoms with van der Waals surface area (Å²) in [6.07, 6.45) is 2.63. The zero-order valence-corrected chi connectivity index (χ0v) is 26.9. The Kier molecular flexibility index (Phi) is 9.87. The van der Waals surface area contributed by atoms with Crippen LogP contribution in [-0.2, 0) is 42.6 Å². The summed E-state index contributed by atoms with van der Waals surface area (Å²) in [6.45, 7) is 21.5. The molecule has 0 aromatic heterocycles. The van der Waals surface area contributed by atoms with Crippen LogP contribution >= 0.6 is 0 Å². The van der Waals surface area contributed by atoms with Crippen LogP contribution in [0.1, 0.15) is 68.2 Å². The minimum absolute atomic E-state index is 0.00554. The lowest BCUT2D eigenvalue weighted by molar-refractivity contribution is -0.162. The highest BCUT2D eigenvalue weighted by atomic mass is 28.4. The molecular formula is C30H46O9Si. The Morgan fingerprint density at radius 1 is 1.18 bits per heavy atom. The molecule has 2 aliphatic carbocycles. The lowest BCUT2D eigenvalue weighted by atomic mass is 9.56. The van der Waals surface area contributed by atoms with Gasteiger partial charge in [0.2, 0.25) is 5.78 Å². The maximum Gasteiger partial charge on any atom is 0.330 e. The molecular weight excluding hydrogens is 532 g/mol. The van der Waals surface area contributed by atoms with Gasteiger partial charge in [-0.05, 0) is 56.5 Å². The van der Waals surface area contributed by atoms with E-state index >= 15 is 0 Å². The van der Waals surface area contributed by atoms with Crippen LogP contribution < -0.4 is 0 Å². The third kappa shape index (κ3) is 6.34. The van der Waals surface area contributed by atoms with Crippen LogP contribution in [0.25, 0.3) is 0 Å². The average molecular weight is 579 g/mol. The number of carbonyl (C=O) groups excluding carboxylic acids is 4. The lowest BCUT2D eigenvalue weighted by Gasteiger charge is -2.52. The summed E-state index contributed by atoms with van der Waals surface area (Å²) in [5.41, 5.74) is -3.89. The normalized spacial score (nSPS) is 27.2. The summed E-state index contributed by atoms with van der Waals surface area (Å²) in [7, 11) is -0.837. The molecule has 0 saturated heterocycles. The average Bonchev–Trinajstić information content (AvgIpc) is 2.82. The number of ether oxygens (including phenoxy) is 4. The predicted molar refractivity (Wildman–Crippen MR) is 153 cm³/mol. The quantitative estimate of drug-likeness (QED) is 0.149. The molecule has 9 nitrogen and oxygen atoms in total. The van der Waals surface area contributed by atoms with Gasteiger partial charge in [-0.2, -0.15) is 0 Å². The van der Waals surface area contributed by atoms with E-state index in [9.17, 15) is 19.2 Å². The number of methoxy groups -OCH3 is 1. The third-order valence-electron chi connectivity index (χ3n) is 8.44. The topological polar surface area (TPSA) is 114 Å². The molecule has 1 saturated carbocycles. The zero-order valence-electron chi connectivity index (χ0n) is 25.9. The van der Waals surface area contributed by atoms with Gasteiger partial charge in [0.1, 0.15) is 12.4 Å². The second-order valence-electron chi connectivity index (χ2n) is 13.0. The van der Waals surface area contributed by atoms with Gasteiger partial charge < -0.3 is 23.4 Å². The van der Waals surface area contributed by atoms with E-state index in [-0.39, 0.29) is 35.4 Å². The van der Waals surface area contributed by atoms with E-state index in [0.29, 0.717) is 12.0 Å². The molecule has 0 radical (unpaired) electrons. The molecule has 3 atom stereocenters. The summed E-state index contributed by atoms with van der Waals surface area (Å²) in [4.78, 5) is 53.3. The summed E-state index contributed by atoms with van der Waals surface area (Å²) in [5, 5.41) is -0.0864. The van der Waals surface area contributed by atoms with Gasteiger partial charge in [-0.25, -0.2) is 4.79 Å². The number of carbonyl (C=O) groups is 4. The molecule has 2 aliphatic rings. The van der Waals surface area contributed by atoms with E-state index < -0.39 is 55.2 Å². The minimum atomic E-state index is -2.27. The molecule has 0 unspecified atom stereocenters. The number of allylic oxidation sites excluding steroid dienone is 1. The molecule has 0 aromatic carbocycles. The van der Waals surface area contributed by atoms with Crippen molar-refractivity contribution in [3.8, 4) is 0 Å². The fourth-order valence-electron chi connectivity index (χ4n) is 5.26. The first-order valence-corrected chi connectivity index (χ1v) is 16.4. The SMILES string of the molecule is C=CC(=O)OC[C@]1(C2=C(OCOC)C(C)=C[C@@](C)(OC(C)=O)C2=O)CC[C@H](O[Si](C)(C)C(C)(C)C)C(C)(C)C1=O. The van der Waals surface area contributed by atoms with E-state index in [1.54, 1.807) is 20.8 Å². The first-order chi connectivity index (χ1) is 18.2. The largest absolute Gasteiger partial charge is 0.467 e. The fraction of sp³-hybridized carbons (Fsp3) is 0.667. The Hall–Kier alpha value is -2.56. The molecule has 0 bridgehead atoms. The van der Waals surface area contributed by atoms with E-state index in [1.807, 2.05) is 0 Å². The van der Waals surface area contributed by atoms with Gasteiger partial charge in [0.15, 0.2) is 26.5 Å². The standard InChI is InChI=1S/C30H46O9Si/c1-13-22(32)36-17-30(15-14-21(28(7,8)26(30)34)39-40(11,12)27(4,5)6)23-24(37-18-35-10)19(2)16-29(9,25(23)33)38-20(3)31/h13,16,21H,1,14-15,17-18H2,2-12H3/t21-,29+,30-/m0/s1. The maximum atomic E-state index is 14.7. The van der Waals surface area contributed by atoms with Crippen LogP contribution in [0.4, 0.5) is 0 Å². The molecule has 10 heteroatoms. The van der Waals surface area contributed by atoms with Crippen molar-refractivity contribution in [3.05, 3.63) is 35.6 Å². The van der Waals surface area contributed by atoms with Crippen molar-refractivity contribution in [1.82, 2.24) is 0 Å². The molecule has 0 aromatic rings. The molecule has 0 amide bonds. The van der Waals surface area contributed by atoms with Gasteiger partial charge in [-0.3, -0.25) is 14.4 Å². The maximum absolute atomic E-state index is 14.7. The van der Waals surface area contributed by atoms with Gasteiger partial charge >= 0.3 is 11.9 Å². The Labute approximate surface area is 239 Å². The van der Waals surface area contributed by atoms with E-state index in [4.69, 9.17) is 23.4 Å². The first-order valence-electron chi connectivity index (χ1n) is 13.5. The third-order valence-corrected chi connectivity index (χ3v) is 12.9. The van der Waals surface area contributed by atoms with E-state index in [2.05, 4.69) is 40.4 Å². The monoisotopic (exact) mass is 578 g/mol. The van der Waals surface area contributed by atoms with Gasteiger partial charge in [-0.15, -0.1) is 0 Å². The summed E-state index contributed by atoms with van der Waals surface area (Å²) < 4.78 is 28.8. The summed E-state index contributed by atoms with van der Waals surface area (Å²) in [5.74, 6) is -2.21. The number of esters is 2. The number of hydrogen-bond donors (Lipinski definition) is 0. The molecule has 224 valence electrons. The molecule has 0 spiro atoms. The van der Waals surface area contributed by atoms with Gasteiger partial charge in [0.25, 0.3) is 0 Å². The molecule has 1 fully saturated rings. The lowest BCUT2D eigenvalue weighted by Crippen LogP contribution is -2.60. The van der Waals surface area contributed by atoms with Crippen molar-refractivity contribution in [2.24, 2.45) is 10.8 Å². The van der Waals surface area contributed by atoms with Gasteiger partial charge in [0.05, 0.1) is 17.1 Å². The smallest absolute Gasteiger partial charge is 0.330 e. The highest BCUT2D eigenvalue weighted by Crippen LogP contribution is 2.54. The van der Waals surface area contributed by atoms with Gasteiger partial charge in [0, 0.05) is 25.5 Å². The Bertz CT molecular complexity index is 1120. The van der Waals surface area contributed by atoms with Crippen LogP contribution in [0.2, 0.25) is 18.1 Å². The van der Waals surface area contributed by atoms with Crippen LogP contribution in [0, 0.1) is 10.8 Å². The van der Waals surface area contributed by atoms with Crippen molar-refractivity contribution < 1.29 is 42.6 Å². The number of ketones is 2. The van der Waals surface area contributed by atoms with Crippen LogP contribution in [0.3, 0.4) is 0 Å². The highest BCUT2D eigenvalue weighted by Gasteiger charge is 2.62. The molecule has 40 heavy (non-hydrogen) atoms. The molecule has 0 aliphatic heterocycles. The van der Waals surface area contributed by atoms with Crippen LogP contribution in [0.5, 0.6) is 0 Å². The Morgan fingerprint density at radius 3 is 2.27 bits per heavy atom. The van der Waals surface area contributed by atoms with Crippen molar-refractivity contribution >= 4 is 31.8 Å². The molecule has 0 heterocycles. The van der Waals surface area contributed by atoms with Crippen molar-refractivity contribution in [3.63, 3.8) is 0 Å². The van der Waals surface area contributed by atoms with E-state index in [0.717, 1.165) is 6.08 Å². The van der Waals surface area contributed by atoms with Crippen molar-refractivity contribution in [2.45, 2.75) is 98.1 Å². The van der Waals surface area contributed by atoms with Crippen LogP contribution in [-0.4, -0.2) is 64.0 Å². The summed E-state index contributed by atoms with van der Waals surface area (Å²) >= 11 is 0. The van der Waals surface area contributed by atoms with Crippen molar-refractivity contribution in [1.29, 1.82) is 0 Å². The minimum Gasteiger partial charge on any atom is -0.467 e. The van der Waals surface area contributed by atoms with Crippen LogP contribution in [0.15, 0.2) is 35.6 Å². The Morgan fingerprint density at radius 2 is 1.77 bits per heavy atom. The molecule has 0 N–H and O–H groups in total. The number of hydrogen-bond acceptors (Lipinski definition) is 9. The second kappa shape index (κ2) is 11.7. The Balaban J connectivity index is 2.80. The predicted octanol–water partition coefficient (Wildman–Crippen LogP) is 5.21. The second-order valence-corrected chi connectivity index (χ2v) is 17.7. The van der Waals surface area contributed by atoms with E-state index in [1.165, 1.54) is 27.0 Å². The number of rotatable bonds is 10. The van der Waals surface area contributed by atoms with Crippen molar-refractivity contribution in [2.75, 3.05) is 20.5 Å². The highest BCUT2D eigenvalue weighted by molar-refractivity contribution is 6.74. The zero-order chi connectivity index (χ0) is 30.9.